The first-order chi connectivity index (χ1) is 14.4. The molecule has 1 saturated heterocycles. The number of amides is 3. The predicted octanol–water partition coefficient (Wildman–Crippen LogP) is 2.49. The summed E-state index contributed by atoms with van der Waals surface area (Å²) < 4.78 is 0. The van der Waals surface area contributed by atoms with Gasteiger partial charge in [0.25, 0.3) is 5.91 Å². The number of benzene rings is 1. The molecule has 0 aromatic heterocycles. The van der Waals surface area contributed by atoms with Crippen LogP contribution in [0, 0.1) is 5.92 Å². The van der Waals surface area contributed by atoms with E-state index in [1.807, 2.05) is 0 Å². The molecular weight excluding hydrogens is 380 g/mol. The van der Waals surface area contributed by atoms with Gasteiger partial charge in [0, 0.05) is 37.9 Å². The summed E-state index contributed by atoms with van der Waals surface area (Å²) in [5.74, 6) is -0.0632. The summed E-state index contributed by atoms with van der Waals surface area (Å²) in [5, 5.41) is 6.12. The Balaban J connectivity index is 1.46. The molecule has 2 aliphatic rings. The largest absolute Gasteiger partial charge is 0.353 e. The summed E-state index contributed by atoms with van der Waals surface area (Å²) in [6.07, 6.45) is 7.66. The fourth-order valence-electron chi connectivity index (χ4n) is 4.34. The first kappa shape index (κ1) is 22.3. The van der Waals surface area contributed by atoms with E-state index >= 15 is 0 Å². The van der Waals surface area contributed by atoms with Crippen LogP contribution in [-0.2, 0) is 9.59 Å². The highest BCUT2D eigenvalue weighted by Gasteiger charge is 2.28. The molecule has 1 unspecified atom stereocenters. The SMILES string of the molecule is CN(C)C(=O)c1ccc(NC(=O)CN2CCCC(C(=O)NC3CCCCC3)C2)cc1. The molecule has 0 radical (unpaired) electrons. The van der Waals surface area contributed by atoms with Crippen molar-refractivity contribution in [3.63, 3.8) is 0 Å². The Labute approximate surface area is 179 Å². The quantitative estimate of drug-likeness (QED) is 0.749. The second-order valence-electron chi connectivity index (χ2n) is 8.74. The summed E-state index contributed by atoms with van der Waals surface area (Å²) in [7, 11) is 3.42. The zero-order valence-corrected chi connectivity index (χ0v) is 18.2. The van der Waals surface area contributed by atoms with Crippen LogP contribution in [0.4, 0.5) is 5.69 Å². The van der Waals surface area contributed by atoms with Gasteiger partial charge in [0.15, 0.2) is 0 Å². The number of piperidine rings is 1. The van der Waals surface area contributed by atoms with Crippen molar-refractivity contribution in [3.8, 4) is 0 Å². The minimum atomic E-state index is -0.102. The molecule has 2 N–H and O–H groups in total. The van der Waals surface area contributed by atoms with E-state index in [0.717, 1.165) is 32.2 Å². The van der Waals surface area contributed by atoms with Gasteiger partial charge < -0.3 is 15.5 Å². The maximum atomic E-state index is 12.7. The number of rotatable bonds is 6. The smallest absolute Gasteiger partial charge is 0.253 e. The second kappa shape index (κ2) is 10.6. The molecule has 7 nitrogen and oxygen atoms in total. The molecular formula is C23H34N4O3. The molecule has 0 bridgehead atoms. The Bertz CT molecular complexity index is 741. The molecule has 3 rings (SSSR count). The molecule has 7 heteroatoms. The molecule has 2 fully saturated rings. The highest BCUT2D eigenvalue weighted by atomic mass is 16.2. The average Bonchev–Trinajstić information content (AvgIpc) is 2.74. The maximum absolute atomic E-state index is 12.7. The van der Waals surface area contributed by atoms with E-state index in [4.69, 9.17) is 0 Å². The normalized spacial score (nSPS) is 20.4. The van der Waals surface area contributed by atoms with E-state index in [9.17, 15) is 14.4 Å². The van der Waals surface area contributed by atoms with Crippen LogP contribution in [0.25, 0.3) is 0 Å². The highest BCUT2D eigenvalue weighted by molar-refractivity contribution is 5.96. The van der Waals surface area contributed by atoms with Crippen LogP contribution in [0.3, 0.4) is 0 Å². The Morgan fingerprint density at radius 3 is 2.37 bits per heavy atom. The first-order valence-electron chi connectivity index (χ1n) is 11.1. The number of likely N-dealkylation sites (tertiary alicyclic amines) is 1. The molecule has 1 aliphatic carbocycles. The lowest BCUT2D eigenvalue weighted by molar-refractivity contribution is -0.128. The predicted molar refractivity (Wildman–Crippen MR) is 117 cm³/mol. The minimum Gasteiger partial charge on any atom is -0.353 e. The molecule has 1 aromatic carbocycles. The van der Waals surface area contributed by atoms with Crippen LogP contribution in [0.15, 0.2) is 24.3 Å². The van der Waals surface area contributed by atoms with Gasteiger partial charge in [-0.25, -0.2) is 0 Å². The molecule has 3 amide bonds. The van der Waals surface area contributed by atoms with Gasteiger partial charge in [-0.3, -0.25) is 19.3 Å². The zero-order valence-electron chi connectivity index (χ0n) is 18.2. The summed E-state index contributed by atoms with van der Waals surface area (Å²) in [5.41, 5.74) is 1.25. The summed E-state index contributed by atoms with van der Waals surface area (Å²) in [6, 6.07) is 7.23. The van der Waals surface area contributed by atoms with E-state index in [2.05, 4.69) is 15.5 Å². The monoisotopic (exact) mass is 414 g/mol. The Hall–Kier alpha value is -2.41. The number of carbonyl (C=O) groups excluding carboxylic acids is 3. The lowest BCUT2D eigenvalue weighted by atomic mass is 9.93. The third-order valence-electron chi connectivity index (χ3n) is 6.02. The van der Waals surface area contributed by atoms with Crippen molar-refractivity contribution in [3.05, 3.63) is 29.8 Å². The average molecular weight is 415 g/mol. The molecule has 30 heavy (non-hydrogen) atoms. The van der Waals surface area contributed by atoms with Gasteiger partial charge >= 0.3 is 0 Å². The third-order valence-corrected chi connectivity index (χ3v) is 6.02. The van der Waals surface area contributed by atoms with E-state index in [-0.39, 0.29) is 30.2 Å². The number of hydrogen-bond acceptors (Lipinski definition) is 4. The number of hydrogen-bond donors (Lipinski definition) is 2. The third kappa shape index (κ3) is 6.29. The Morgan fingerprint density at radius 1 is 1.00 bits per heavy atom. The topological polar surface area (TPSA) is 81.8 Å². The maximum Gasteiger partial charge on any atom is 0.253 e. The first-order valence-corrected chi connectivity index (χ1v) is 11.1. The second-order valence-corrected chi connectivity index (χ2v) is 8.74. The van der Waals surface area contributed by atoms with Crippen molar-refractivity contribution < 1.29 is 14.4 Å². The minimum absolute atomic E-state index is 0.0372. The van der Waals surface area contributed by atoms with Gasteiger partial charge in [-0.1, -0.05) is 19.3 Å². The van der Waals surface area contributed by atoms with Crippen LogP contribution in [0.1, 0.15) is 55.3 Å². The van der Waals surface area contributed by atoms with Crippen molar-refractivity contribution in [2.75, 3.05) is 39.0 Å². The van der Waals surface area contributed by atoms with Crippen molar-refractivity contribution >= 4 is 23.4 Å². The fourth-order valence-corrected chi connectivity index (χ4v) is 4.34. The molecule has 1 saturated carbocycles. The van der Waals surface area contributed by atoms with Crippen molar-refractivity contribution in [1.29, 1.82) is 0 Å². The summed E-state index contributed by atoms with van der Waals surface area (Å²) >= 11 is 0. The van der Waals surface area contributed by atoms with Gasteiger partial charge in [-0.15, -0.1) is 0 Å². The van der Waals surface area contributed by atoms with E-state index in [1.54, 1.807) is 38.4 Å². The van der Waals surface area contributed by atoms with Crippen LogP contribution < -0.4 is 10.6 Å². The molecule has 164 valence electrons. The number of nitrogens with one attached hydrogen (secondary N) is 2. The number of carbonyl (C=O) groups is 3. The van der Waals surface area contributed by atoms with Crippen LogP contribution in [0.5, 0.6) is 0 Å². The van der Waals surface area contributed by atoms with Crippen LogP contribution >= 0.6 is 0 Å². The van der Waals surface area contributed by atoms with Crippen LogP contribution in [0.2, 0.25) is 0 Å². The summed E-state index contributed by atoms with van der Waals surface area (Å²) in [4.78, 5) is 40.7. The van der Waals surface area contributed by atoms with Crippen molar-refractivity contribution in [2.24, 2.45) is 5.92 Å². The molecule has 0 spiro atoms. The molecule has 1 heterocycles. The van der Waals surface area contributed by atoms with Gasteiger partial charge in [0.2, 0.25) is 11.8 Å². The molecule has 1 atom stereocenters. The molecule has 1 aliphatic heterocycles. The standard InChI is InChI=1S/C23H34N4O3/c1-26(2)23(30)17-10-12-20(13-11-17)24-21(28)16-27-14-6-7-18(15-27)22(29)25-19-8-4-3-5-9-19/h10-13,18-19H,3-9,14-16H2,1-2H3,(H,24,28)(H,25,29). The van der Waals surface area contributed by atoms with Crippen LogP contribution in [-0.4, -0.2) is 67.3 Å². The van der Waals surface area contributed by atoms with Gasteiger partial charge in [0.05, 0.1) is 12.5 Å². The van der Waals surface area contributed by atoms with Gasteiger partial charge in [0.1, 0.15) is 0 Å². The van der Waals surface area contributed by atoms with Gasteiger partial charge in [-0.05, 0) is 56.5 Å². The van der Waals surface area contributed by atoms with E-state index < -0.39 is 0 Å². The zero-order chi connectivity index (χ0) is 21.5. The lowest BCUT2D eigenvalue weighted by Crippen LogP contribution is -2.47. The molecule has 1 aromatic rings. The number of nitrogens with zero attached hydrogens (tertiary/aromatic N) is 2. The van der Waals surface area contributed by atoms with Gasteiger partial charge in [-0.2, -0.15) is 0 Å². The van der Waals surface area contributed by atoms with Crippen molar-refractivity contribution in [1.82, 2.24) is 15.1 Å². The Kier molecular flexibility index (Phi) is 7.85. The fraction of sp³-hybridized carbons (Fsp3) is 0.609. The summed E-state index contributed by atoms with van der Waals surface area (Å²) in [6.45, 7) is 1.73. The van der Waals surface area contributed by atoms with E-state index in [0.29, 0.717) is 23.8 Å². The highest BCUT2D eigenvalue weighted by Crippen LogP contribution is 2.21. The van der Waals surface area contributed by atoms with E-state index in [1.165, 1.54) is 24.2 Å². The lowest BCUT2D eigenvalue weighted by Gasteiger charge is -2.33. The Morgan fingerprint density at radius 2 is 1.70 bits per heavy atom. The number of anilines is 1. The van der Waals surface area contributed by atoms with Crippen molar-refractivity contribution in [2.45, 2.75) is 51.0 Å².